The summed E-state index contributed by atoms with van der Waals surface area (Å²) in [6.07, 6.45) is 0. The maximum absolute atomic E-state index is 7.99. The molecular weight excluding hydrogens is 204 g/mol. The van der Waals surface area contributed by atoms with Gasteiger partial charge in [-0.25, -0.2) is 0 Å². The zero-order valence-corrected chi connectivity index (χ0v) is 8.28. The van der Waals surface area contributed by atoms with Gasteiger partial charge >= 0.3 is 0 Å². The van der Waals surface area contributed by atoms with Crippen molar-refractivity contribution in [3.05, 3.63) is 34.7 Å². The van der Waals surface area contributed by atoms with E-state index >= 15 is 0 Å². The van der Waals surface area contributed by atoms with E-state index in [1.54, 1.807) is 24.3 Å². The highest BCUT2D eigenvalue weighted by Crippen LogP contribution is 2.12. The Morgan fingerprint density at radius 3 is 2.57 bits per heavy atom. The van der Waals surface area contributed by atoms with Crippen molar-refractivity contribution >= 4 is 18.1 Å². The molecular formula is C8H11ClN4O. The molecule has 0 aliphatic heterocycles. The zero-order valence-electron chi connectivity index (χ0n) is 7.46. The van der Waals surface area contributed by atoms with E-state index in [9.17, 15) is 0 Å². The lowest BCUT2D eigenvalue weighted by Gasteiger charge is -2.03. The summed E-state index contributed by atoms with van der Waals surface area (Å²) in [5, 5.41) is 3.34. The van der Waals surface area contributed by atoms with Gasteiger partial charge in [-0.15, -0.1) is 12.4 Å². The maximum Gasteiger partial charge on any atom is 0.119 e. The van der Waals surface area contributed by atoms with E-state index in [1.165, 1.54) is 0 Å². The molecule has 0 atom stereocenters. The number of rotatable bonds is 4. The van der Waals surface area contributed by atoms with Crippen molar-refractivity contribution in [2.75, 3.05) is 18.9 Å². The third-order valence-corrected chi connectivity index (χ3v) is 1.40. The molecule has 0 spiro atoms. The number of nitrogens with two attached hydrogens (primary N) is 1. The summed E-state index contributed by atoms with van der Waals surface area (Å²) in [4.78, 5) is 2.61. The highest BCUT2D eigenvalue weighted by atomic mass is 35.5. The Bertz CT molecular complexity index is 308. The van der Waals surface area contributed by atoms with Crippen molar-refractivity contribution in [1.29, 1.82) is 0 Å². The van der Waals surface area contributed by atoms with Crippen LogP contribution in [0.3, 0.4) is 0 Å². The SMILES string of the molecule is Cl.[N-]=[N+]=NCCOc1ccc(N)cc1. The Balaban J connectivity index is 0.00000169. The van der Waals surface area contributed by atoms with Crippen LogP contribution in [0, 0.1) is 0 Å². The first-order chi connectivity index (χ1) is 6.33. The van der Waals surface area contributed by atoms with E-state index in [0.717, 1.165) is 5.75 Å². The monoisotopic (exact) mass is 214 g/mol. The molecule has 0 fully saturated rings. The van der Waals surface area contributed by atoms with E-state index in [1.807, 2.05) is 0 Å². The van der Waals surface area contributed by atoms with Crippen LogP contribution in [0.1, 0.15) is 0 Å². The van der Waals surface area contributed by atoms with Gasteiger partial charge in [-0.1, -0.05) is 5.11 Å². The van der Waals surface area contributed by atoms with Gasteiger partial charge in [0.1, 0.15) is 5.75 Å². The van der Waals surface area contributed by atoms with Gasteiger partial charge in [0.25, 0.3) is 0 Å². The lowest BCUT2D eigenvalue weighted by atomic mass is 10.3. The average molecular weight is 215 g/mol. The Morgan fingerprint density at radius 1 is 1.36 bits per heavy atom. The van der Waals surface area contributed by atoms with Crippen LogP contribution >= 0.6 is 12.4 Å². The van der Waals surface area contributed by atoms with Crippen LogP contribution in [0.2, 0.25) is 0 Å². The number of azide groups is 1. The summed E-state index contributed by atoms with van der Waals surface area (Å²) in [7, 11) is 0. The van der Waals surface area contributed by atoms with E-state index in [-0.39, 0.29) is 12.4 Å². The van der Waals surface area contributed by atoms with Crippen LogP contribution in [0.25, 0.3) is 10.4 Å². The molecule has 5 nitrogen and oxygen atoms in total. The lowest BCUT2D eigenvalue weighted by molar-refractivity contribution is 0.328. The summed E-state index contributed by atoms with van der Waals surface area (Å²) >= 11 is 0. The smallest absolute Gasteiger partial charge is 0.119 e. The highest BCUT2D eigenvalue weighted by molar-refractivity contribution is 5.85. The van der Waals surface area contributed by atoms with Crippen LogP contribution in [0.5, 0.6) is 5.75 Å². The average Bonchev–Trinajstić information content (AvgIpc) is 2.15. The van der Waals surface area contributed by atoms with E-state index in [0.29, 0.717) is 18.8 Å². The lowest BCUT2D eigenvalue weighted by Crippen LogP contribution is -1.99. The number of hydrogen-bond acceptors (Lipinski definition) is 3. The third-order valence-electron chi connectivity index (χ3n) is 1.40. The number of benzene rings is 1. The van der Waals surface area contributed by atoms with E-state index < -0.39 is 0 Å². The minimum absolute atomic E-state index is 0. The normalized spacial score (nSPS) is 8.29. The van der Waals surface area contributed by atoms with Crippen molar-refractivity contribution in [3.8, 4) is 5.75 Å². The maximum atomic E-state index is 7.99. The second-order valence-electron chi connectivity index (χ2n) is 2.37. The summed E-state index contributed by atoms with van der Waals surface area (Å²) in [5.74, 6) is 0.724. The molecule has 14 heavy (non-hydrogen) atoms. The fourth-order valence-corrected chi connectivity index (χ4v) is 0.813. The molecule has 0 unspecified atom stereocenters. The molecule has 76 valence electrons. The molecule has 0 saturated carbocycles. The summed E-state index contributed by atoms with van der Waals surface area (Å²) in [5.41, 5.74) is 14.2. The number of ether oxygens (including phenoxy) is 1. The first-order valence-corrected chi connectivity index (χ1v) is 3.82. The van der Waals surface area contributed by atoms with E-state index in [4.69, 9.17) is 16.0 Å². The van der Waals surface area contributed by atoms with Gasteiger partial charge in [0, 0.05) is 10.6 Å². The predicted molar refractivity (Wildman–Crippen MR) is 57.6 cm³/mol. The molecule has 0 radical (unpaired) electrons. The number of halogens is 1. The van der Waals surface area contributed by atoms with Crippen LogP contribution in [-0.2, 0) is 0 Å². The second-order valence-corrected chi connectivity index (χ2v) is 2.37. The second kappa shape index (κ2) is 6.88. The van der Waals surface area contributed by atoms with Crippen molar-refractivity contribution in [1.82, 2.24) is 0 Å². The molecule has 0 saturated heterocycles. The van der Waals surface area contributed by atoms with Crippen molar-refractivity contribution in [2.45, 2.75) is 0 Å². The van der Waals surface area contributed by atoms with Gasteiger partial charge in [-0.2, -0.15) is 0 Å². The van der Waals surface area contributed by atoms with Gasteiger partial charge in [0.2, 0.25) is 0 Å². The van der Waals surface area contributed by atoms with Gasteiger partial charge < -0.3 is 10.5 Å². The number of hydrogen-bond donors (Lipinski definition) is 1. The molecule has 1 rings (SSSR count). The van der Waals surface area contributed by atoms with Crippen LogP contribution in [0.4, 0.5) is 5.69 Å². The summed E-state index contributed by atoms with van der Waals surface area (Å²) < 4.78 is 5.24. The summed E-state index contributed by atoms with van der Waals surface area (Å²) in [6.45, 7) is 0.717. The van der Waals surface area contributed by atoms with E-state index in [2.05, 4.69) is 10.0 Å². The summed E-state index contributed by atoms with van der Waals surface area (Å²) in [6, 6.07) is 7.04. The predicted octanol–water partition coefficient (Wildman–Crippen LogP) is 2.38. The fraction of sp³-hybridized carbons (Fsp3) is 0.250. The molecule has 0 aliphatic rings. The van der Waals surface area contributed by atoms with Crippen LogP contribution in [0.15, 0.2) is 29.4 Å². The Labute approximate surface area is 87.9 Å². The Kier molecular flexibility index (Phi) is 6.11. The van der Waals surface area contributed by atoms with Gasteiger partial charge in [-0.3, -0.25) is 0 Å². The quantitative estimate of drug-likeness (QED) is 0.274. The fourth-order valence-electron chi connectivity index (χ4n) is 0.813. The molecule has 0 aromatic heterocycles. The minimum Gasteiger partial charge on any atom is -0.493 e. The third kappa shape index (κ3) is 4.45. The molecule has 0 heterocycles. The minimum atomic E-state index is 0. The molecule has 2 N–H and O–H groups in total. The Morgan fingerprint density at radius 2 is 2.00 bits per heavy atom. The van der Waals surface area contributed by atoms with Gasteiger partial charge in [0.05, 0.1) is 13.2 Å². The molecule has 1 aromatic rings. The largest absolute Gasteiger partial charge is 0.493 e. The molecule has 0 amide bonds. The van der Waals surface area contributed by atoms with Gasteiger partial charge in [0.15, 0.2) is 0 Å². The highest BCUT2D eigenvalue weighted by Gasteiger charge is 1.91. The van der Waals surface area contributed by atoms with Crippen LogP contribution in [-0.4, -0.2) is 13.2 Å². The van der Waals surface area contributed by atoms with Gasteiger partial charge in [-0.05, 0) is 29.8 Å². The number of nitrogen functional groups attached to an aromatic ring is 1. The first kappa shape index (κ1) is 12.4. The molecule has 1 aromatic carbocycles. The molecule has 0 bridgehead atoms. The first-order valence-electron chi connectivity index (χ1n) is 3.82. The molecule has 6 heteroatoms. The number of anilines is 1. The van der Waals surface area contributed by atoms with Crippen molar-refractivity contribution < 1.29 is 4.74 Å². The topological polar surface area (TPSA) is 84.0 Å². The standard InChI is InChI=1S/C8H10N4O.ClH/c9-7-1-3-8(4-2-7)13-6-5-11-12-10;/h1-4H,5-6,9H2;1H. The zero-order chi connectivity index (χ0) is 9.52. The van der Waals surface area contributed by atoms with Crippen molar-refractivity contribution in [3.63, 3.8) is 0 Å². The molecule has 0 aliphatic carbocycles. The number of nitrogens with zero attached hydrogens (tertiary/aromatic N) is 3. The van der Waals surface area contributed by atoms with Crippen LogP contribution < -0.4 is 10.5 Å². The van der Waals surface area contributed by atoms with Crippen molar-refractivity contribution in [2.24, 2.45) is 5.11 Å². The Hall–Kier alpha value is -1.58.